The van der Waals surface area contributed by atoms with E-state index in [-0.39, 0.29) is 17.0 Å². The lowest BCUT2D eigenvalue weighted by atomic mass is 9.99. The van der Waals surface area contributed by atoms with Gasteiger partial charge in [0, 0.05) is 17.8 Å². The normalized spacial score (nSPS) is 14.8. The minimum Gasteiger partial charge on any atom is -0.465 e. The third kappa shape index (κ3) is 6.18. The molecule has 6 heteroatoms. The van der Waals surface area contributed by atoms with Crippen LogP contribution >= 0.6 is 12.8 Å². The molecule has 0 amide bonds. The van der Waals surface area contributed by atoms with Crippen molar-refractivity contribution in [2.24, 2.45) is 10.9 Å². The first kappa shape index (κ1) is 24.2. The molecule has 0 saturated heterocycles. The molecule has 1 unspecified atom stereocenters. The number of benzene rings is 1. The number of fused-ring (bicyclic) bond motifs is 1. The van der Waals surface area contributed by atoms with Crippen LogP contribution in [0, 0.1) is 5.92 Å². The van der Waals surface area contributed by atoms with Crippen LogP contribution in [0.25, 0.3) is 10.9 Å². The van der Waals surface area contributed by atoms with Crippen LogP contribution in [0.3, 0.4) is 0 Å². The first-order valence-corrected chi connectivity index (χ1v) is 10.4. The summed E-state index contributed by atoms with van der Waals surface area (Å²) in [4.78, 5) is 29.2. The molecule has 1 atom stereocenters. The quantitative estimate of drug-likeness (QED) is 0.271. The van der Waals surface area contributed by atoms with Gasteiger partial charge in [0.15, 0.2) is 5.78 Å². The molecule has 0 aliphatic carbocycles. The largest absolute Gasteiger partial charge is 0.465 e. The molecule has 2 heterocycles. The number of carbonyl (C=O) groups excluding carboxylic acids is 2. The van der Waals surface area contributed by atoms with Crippen LogP contribution in [0.5, 0.6) is 0 Å². The third-order valence-electron chi connectivity index (χ3n) is 4.43. The number of allylic oxidation sites excluding steroid dienone is 7. The maximum Gasteiger partial charge on any atom is 0.340 e. The maximum absolute atomic E-state index is 12.9. The Labute approximate surface area is 189 Å². The van der Waals surface area contributed by atoms with Crippen LogP contribution < -0.4 is 0 Å². The van der Waals surface area contributed by atoms with Gasteiger partial charge in [-0.15, -0.1) is 0 Å². The second kappa shape index (κ2) is 11.9. The number of thiol groups is 1. The number of carbonyl (C=O) groups is 2. The SMILES string of the molecule is CC/C=C\C=C(C)C.COC(=O)c1c(C(=O)C2C=CC=CN=C2)n(S)c2ccccc12. The number of ketones is 1. The van der Waals surface area contributed by atoms with Crippen molar-refractivity contribution < 1.29 is 14.3 Å². The lowest BCUT2D eigenvalue weighted by molar-refractivity contribution is 0.0599. The van der Waals surface area contributed by atoms with E-state index in [1.54, 1.807) is 42.6 Å². The van der Waals surface area contributed by atoms with Gasteiger partial charge in [0.2, 0.25) is 0 Å². The number of aliphatic imine (C=N–C) groups is 1. The smallest absolute Gasteiger partial charge is 0.340 e. The molecule has 162 valence electrons. The van der Waals surface area contributed by atoms with Crippen molar-refractivity contribution in [3.63, 3.8) is 0 Å². The second-order valence-electron chi connectivity index (χ2n) is 7.04. The van der Waals surface area contributed by atoms with Crippen LogP contribution in [0.4, 0.5) is 0 Å². The third-order valence-corrected chi connectivity index (χ3v) is 4.84. The summed E-state index contributed by atoms with van der Waals surface area (Å²) in [7, 11) is 1.29. The molecule has 1 aromatic heterocycles. The van der Waals surface area contributed by atoms with Gasteiger partial charge in [0.25, 0.3) is 0 Å². The van der Waals surface area contributed by atoms with Crippen molar-refractivity contribution in [2.75, 3.05) is 7.11 Å². The summed E-state index contributed by atoms with van der Waals surface area (Å²) in [6.07, 6.45) is 15.8. The number of hydrogen-bond acceptors (Lipinski definition) is 5. The molecule has 31 heavy (non-hydrogen) atoms. The summed E-state index contributed by atoms with van der Waals surface area (Å²) in [6.45, 7) is 6.33. The number of nitrogens with zero attached hydrogens (tertiary/aromatic N) is 2. The zero-order valence-corrected chi connectivity index (χ0v) is 19.2. The number of rotatable bonds is 5. The number of para-hydroxylation sites is 1. The van der Waals surface area contributed by atoms with E-state index in [2.05, 4.69) is 56.8 Å². The summed E-state index contributed by atoms with van der Waals surface area (Å²) in [6, 6.07) is 7.18. The summed E-state index contributed by atoms with van der Waals surface area (Å²) < 4.78 is 6.29. The lowest BCUT2D eigenvalue weighted by Gasteiger charge is -2.09. The predicted octanol–water partition coefficient (Wildman–Crippen LogP) is 5.99. The average molecular weight is 437 g/mol. The van der Waals surface area contributed by atoms with Gasteiger partial charge in [0.1, 0.15) is 5.69 Å². The van der Waals surface area contributed by atoms with Gasteiger partial charge >= 0.3 is 5.97 Å². The van der Waals surface area contributed by atoms with Gasteiger partial charge in [0.05, 0.1) is 24.1 Å². The molecular formula is C25H28N2O3S. The van der Waals surface area contributed by atoms with E-state index in [0.29, 0.717) is 10.9 Å². The summed E-state index contributed by atoms with van der Waals surface area (Å²) in [5.41, 5.74) is 2.45. The lowest BCUT2D eigenvalue weighted by Crippen LogP contribution is -2.19. The van der Waals surface area contributed by atoms with Crippen LogP contribution in [0.2, 0.25) is 0 Å². The van der Waals surface area contributed by atoms with E-state index in [0.717, 1.165) is 6.42 Å². The summed E-state index contributed by atoms with van der Waals surface area (Å²) in [5.74, 6) is -1.39. The van der Waals surface area contributed by atoms with Crippen molar-refractivity contribution in [3.8, 4) is 0 Å². The van der Waals surface area contributed by atoms with E-state index >= 15 is 0 Å². The fourth-order valence-corrected chi connectivity index (χ4v) is 3.32. The number of esters is 1. The van der Waals surface area contributed by atoms with Gasteiger partial charge in [-0.1, -0.05) is 73.9 Å². The fourth-order valence-electron chi connectivity index (χ4n) is 2.94. The molecule has 0 N–H and O–H groups in total. The Balaban J connectivity index is 0.000000366. The zero-order valence-electron chi connectivity index (χ0n) is 18.3. The minimum atomic E-state index is -0.566. The van der Waals surface area contributed by atoms with Gasteiger partial charge in [-0.25, -0.2) is 4.79 Å². The van der Waals surface area contributed by atoms with Crippen LogP contribution in [-0.4, -0.2) is 29.0 Å². The topological polar surface area (TPSA) is 60.7 Å². The Morgan fingerprint density at radius 3 is 2.65 bits per heavy atom. The van der Waals surface area contributed by atoms with Crippen molar-refractivity contribution >= 4 is 41.7 Å². The molecule has 1 aliphatic heterocycles. The molecule has 0 spiro atoms. The monoisotopic (exact) mass is 436 g/mol. The van der Waals surface area contributed by atoms with Crippen molar-refractivity contribution in [2.45, 2.75) is 27.2 Å². The zero-order chi connectivity index (χ0) is 22.8. The highest BCUT2D eigenvalue weighted by molar-refractivity contribution is 7.78. The minimum absolute atomic E-state index is 0.199. The molecule has 1 aliphatic rings. The number of Topliss-reactive ketones (excluding diaryl/α,β-unsaturated/α-hetero) is 1. The first-order chi connectivity index (χ1) is 14.9. The average Bonchev–Trinajstić information content (AvgIpc) is 2.92. The molecule has 0 bridgehead atoms. The van der Waals surface area contributed by atoms with Crippen molar-refractivity contribution in [3.05, 3.63) is 83.8 Å². The highest BCUT2D eigenvalue weighted by Crippen LogP contribution is 2.30. The van der Waals surface area contributed by atoms with Crippen molar-refractivity contribution in [1.29, 1.82) is 0 Å². The number of aromatic nitrogens is 1. The van der Waals surface area contributed by atoms with E-state index in [9.17, 15) is 9.59 Å². The highest BCUT2D eigenvalue weighted by Gasteiger charge is 2.29. The summed E-state index contributed by atoms with van der Waals surface area (Å²) in [5, 5.41) is 0.630. The van der Waals surface area contributed by atoms with Crippen LogP contribution in [0.15, 0.2) is 77.5 Å². The van der Waals surface area contributed by atoms with Gasteiger partial charge in [-0.3, -0.25) is 13.8 Å². The molecule has 5 nitrogen and oxygen atoms in total. The predicted molar refractivity (Wildman–Crippen MR) is 131 cm³/mol. The molecule has 2 aromatic rings. The fraction of sp³-hybridized carbons (Fsp3) is 0.240. The Kier molecular flexibility index (Phi) is 9.28. The second-order valence-corrected chi connectivity index (χ2v) is 7.44. The maximum atomic E-state index is 12.9. The Morgan fingerprint density at radius 1 is 1.23 bits per heavy atom. The first-order valence-electron chi connectivity index (χ1n) is 10.0. The number of ether oxygens (including phenoxy) is 1. The Morgan fingerprint density at radius 2 is 1.97 bits per heavy atom. The summed E-state index contributed by atoms with van der Waals surface area (Å²) >= 11 is 4.41. The number of methoxy groups -OCH3 is 1. The van der Waals surface area contributed by atoms with E-state index < -0.39 is 11.9 Å². The van der Waals surface area contributed by atoms with E-state index in [1.165, 1.54) is 22.9 Å². The van der Waals surface area contributed by atoms with Crippen LogP contribution in [0.1, 0.15) is 48.0 Å². The number of hydrogen-bond donors (Lipinski definition) is 1. The molecule has 3 rings (SSSR count). The van der Waals surface area contributed by atoms with E-state index in [1.807, 2.05) is 6.07 Å². The van der Waals surface area contributed by atoms with Gasteiger partial charge in [-0.2, -0.15) is 0 Å². The Hall–Kier alpha value is -3.12. The van der Waals surface area contributed by atoms with E-state index in [4.69, 9.17) is 4.74 Å². The van der Waals surface area contributed by atoms with Crippen LogP contribution in [-0.2, 0) is 4.74 Å². The standard InChI is InChI=1S/C17H14N2O3S.C8H14/c1-22-17(21)14-12-7-2-3-8-13(12)19(23)15(14)16(20)11-6-4-5-9-18-10-11;1-4-5-6-7-8(2)3/h2-11,23H,1H3;5-7H,4H2,1-3H3/b;6-5-. The van der Waals surface area contributed by atoms with Crippen molar-refractivity contribution in [1.82, 2.24) is 3.97 Å². The highest BCUT2D eigenvalue weighted by atomic mass is 32.1. The molecule has 0 fully saturated rings. The molecule has 0 radical (unpaired) electrons. The van der Waals surface area contributed by atoms with Gasteiger partial charge < -0.3 is 4.74 Å². The molecular weight excluding hydrogens is 408 g/mol. The molecule has 0 saturated carbocycles. The Bertz CT molecular complexity index is 1070. The van der Waals surface area contributed by atoms with Gasteiger partial charge in [-0.05, 0) is 32.4 Å². The molecule has 1 aromatic carbocycles.